The molecule has 27 heteroatoms. The van der Waals surface area contributed by atoms with E-state index in [9.17, 15) is 83.7 Å². The van der Waals surface area contributed by atoms with Crippen LogP contribution in [0.2, 0.25) is 0 Å². The van der Waals surface area contributed by atoms with Gasteiger partial charge in [0.05, 0.1) is 50.0 Å². The van der Waals surface area contributed by atoms with Crippen molar-refractivity contribution in [3.05, 3.63) is 0 Å². The van der Waals surface area contributed by atoms with Gasteiger partial charge in [-0.15, -0.1) is 0 Å². The quantitative estimate of drug-likeness (QED) is 0.0276. The van der Waals surface area contributed by atoms with E-state index in [2.05, 4.69) is 27.4 Å². The van der Waals surface area contributed by atoms with Crippen LogP contribution in [0.25, 0.3) is 0 Å². The van der Waals surface area contributed by atoms with E-state index in [1.54, 1.807) is 69.2 Å². The molecular formula is C62H107N6O21+. The lowest BCUT2D eigenvalue weighted by atomic mass is 9.84. The molecule has 0 aromatic carbocycles. The Morgan fingerprint density at radius 2 is 1.11 bits per heavy atom. The van der Waals surface area contributed by atoms with Crippen LogP contribution in [0.3, 0.4) is 0 Å². The first-order chi connectivity index (χ1) is 41.5. The highest BCUT2D eigenvalue weighted by Gasteiger charge is 2.51. The van der Waals surface area contributed by atoms with Crippen molar-refractivity contribution in [3.63, 3.8) is 0 Å². The van der Waals surface area contributed by atoms with Crippen LogP contribution in [-0.2, 0) is 66.9 Å². The summed E-state index contributed by atoms with van der Waals surface area (Å²) in [6, 6.07) is -5.19. The normalized spacial score (nSPS) is 27.4. The number of amides is 4. The summed E-state index contributed by atoms with van der Waals surface area (Å²) in [5, 5.41) is 81.9. The number of Topliss-reactive ketones (excluding diaryl/α,β-unsaturated/α-hetero) is 5. The smallest absolute Gasteiger partial charge is 0.227 e. The minimum atomic E-state index is -1.79. The molecule has 10 unspecified atom stereocenters. The number of carbonyl (C=O) groups excluding carboxylic acids is 10. The molecule has 3 aliphatic heterocycles. The fourth-order valence-electron chi connectivity index (χ4n) is 11.6. The van der Waals surface area contributed by atoms with Gasteiger partial charge in [0.15, 0.2) is 47.5 Å². The molecule has 0 aromatic heterocycles. The lowest BCUT2D eigenvalue weighted by molar-refractivity contribution is -0.432. The Balaban J connectivity index is 1.61. The van der Waals surface area contributed by atoms with Gasteiger partial charge in [0, 0.05) is 80.1 Å². The van der Waals surface area contributed by atoms with Crippen molar-refractivity contribution >= 4 is 58.5 Å². The predicted molar refractivity (Wildman–Crippen MR) is 316 cm³/mol. The second kappa shape index (κ2) is 36.5. The number of carbonyl (C=O) groups is 10. The molecule has 0 aliphatic carbocycles. The molecule has 3 rings (SSSR count). The number of hydrogen-bond acceptors (Lipinski definition) is 21. The summed E-state index contributed by atoms with van der Waals surface area (Å²) in [5.74, 6) is -13.0. The highest BCUT2D eigenvalue weighted by molar-refractivity contribution is 5.98. The van der Waals surface area contributed by atoms with Crippen LogP contribution in [0.15, 0.2) is 0 Å². The fourth-order valence-corrected chi connectivity index (χ4v) is 11.6. The van der Waals surface area contributed by atoms with Gasteiger partial charge in [-0.25, -0.2) is 0 Å². The molecule has 21 atom stereocenters. The topological polar surface area (TPSA) is 447 Å². The second-order valence-corrected chi connectivity index (χ2v) is 26.4. The molecular weight excluding hydrogens is 1160 g/mol. The third-order valence-corrected chi connectivity index (χ3v) is 18.0. The number of nitrogens with one attached hydrogen (secondary N) is 3. The fraction of sp³-hybridized carbons (Fsp3) is 0.839. The molecule has 3 heterocycles. The van der Waals surface area contributed by atoms with E-state index in [0.717, 1.165) is 0 Å². The van der Waals surface area contributed by atoms with Gasteiger partial charge in [0.2, 0.25) is 23.6 Å². The minimum absolute atomic E-state index is 0.220. The maximum Gasteiger partial charge on any atom is 0.227 e. The molecule has 3 saturated heterocycles. The Morgan fingerprint density at radius 1 is 0.607 bits per heavy atom. The molecule has 89 heavy (non-hydrogen) atoms. The van der Waals surface area contributed by atoms with Gasteiger partial charge in [0.1, 0.15) is 42.7 Å². The van der Waals surface area contributed by atoms with Crippen molar-refractivity contribution < 1.29 is 114 Å². The summed E-state index contributed by atoms with van der Waals surface area (Å²) < 4.78 is 23.4. The van der Waals surface area contributed by atoms with Crippen molar-refractivity contribution in [2.45, 2.75) is 246 Å². The first-order valence-electron chi connectivity index (χ1n) is 31.8. The monoisotopic (exact) mass is 1270 g/mol. The van der Waals surface area contributed by atoms with Gasteiger partial charge in [-0.2, -0.15) is 0 Å². The Labute approximate surface area is 523 Å². The number of carboxylic acid groups (broad SMARTS) is 1. The minimum Gasteiger partial charge on any atom is -0.550 e. The van der Waals surface area contributed by atoms with Crippen LogP contribution >= 0.6 is 0 Å². The van der Waals surface area contributed by atoms with E-state index < -0.39 is 211 Å². The number of ketones is 5. The Bertz CT molecular complexity index is 2370. The number of ether oxygens (including phenoxy) is 4. The van der Waals surface area contributed by atoms with E-state index in [-0.39, 0.29) is 56.9 Å². The molecule has 0 bridgehead atoms. The van der Waals surface area contributed by atoms with Crippen LogP contribution in [-0.4, -0.2) is 212 Å². The van der Waals surface area contributed by atoms with Crippen molar-refractivity contribution in [2.24, 2.45) is 59.2 Å². The van der Waals surface area contributed by atoms with Crippen molar-refractivity contribution in [2.75, 3.05) is 26.3 Å². The Kier molecular flexibility index (Phi) is 32.1. The summed E-state index contributed by atoms with van der Waals surface area (Å²) >= 11 is 0. The standard InChI is InChI=1S/C62H106N6O21/c1-28(2)38(58(82)67-50(31(7)8)46(75)24-39(29(3)4)57(81)66-34(11)42(71)22-37(60(84)85)17-14-15-19-63)23-43(72)35(12)65-56(80)32(9)21-44(73)41-18-16-20-68(41)59(83)40(30(5)6)25-45(74)49(64)36(13)86-61-33(10)55(52(77)48(27-70)87-61)89-62-54(79)53(78)51(76)47(26-69)88-62/h28-41,47-55,61-62,69-70,76-79H,14-27,63-64H2,1-13H3,(H,65,80)(H,66,81)(H,67,82)(H,84,85)/p+1/t32?,33?,34-,35-,36?,37?,38?,39?,40?,41-,47?,48?,49-,50-,51-,52-,53-,54?,55+,61-,62-/m0/s1. The van der Waals surface area contributed by atoms with Gasteiger partial charge >= 0.3 is 0 Å². The van der Waals surface area contributed by atoms with Gasteiger partial charge in [-0.1, -0.05) is 69.2 Å². The third kappa shape index (κ3) is 21.9. The van der Waals surface area contributed by atoms with E-state index in [1.165, 1.54) is 25.7 Å². The Morgan fingerprint density at radius 3 is 1.64 bits per heavy atom. The van der Waals surface area contributed by atoms with Crippen LogP contribution in [0.5, 0.6) is 0 Å². The largest absolute Gasteiger partial charge is 0.550 e. The average molecular weight is 1270 g/mol. The zero-order valence-electron chi connectivity index (χ0n) is 54.5. The second-order valence-electron chi connectivity index (χ2n) is 26.4. The number of likely N-dealkylation sites (tertiary alicyclic amines) is 1. The lowest BCUT2D eigenvalue weighted by Gasteiger charge is -2.47. The molecule has 0 spiro atoms. The van der Waals surface area contributed by atoms with E-state index in [0.29, 0.717) is 32.2 Å². The van der Waals surface area contributed by atoms with Crippen LogP contribution < -0.4 is 32.5 Å². The van der Waals surface area contributed by atoms with Crippen molar-refractivity contribution in [1.29, 1.82) is 0 Å². The molecule has 0 saturated carbocycles. The molecule has 510 valence electrons. The average Bonchev–Trinajstić information content (AvgIpc) is 1.58. The highest BCUT2D eigenvalue weighted by Crippen LogP contribution is 2.35. The number of aliphatic hydroxyl groups is 6. The highest BCUT2D eigenvalue weighted by atomic mass is 16.7. The molecule has 3 fully saturated rings. The number of hydrogen-bond donors (Lipinski definition) is 11. The number of unbranched alkanes of at least 4 members (excludes halogenated alkanes) is 1. The summed E-state index contributed by atoms with van der Waals surface area (Å²) in [6.45, 7) is 20.9. The summed E-state index contributed by atoms with van der Waals surface area (Å²) in [5.41, 5.74) is 7.78. The van der Waals surface area contributed by atoms with Gasteiger partial charge in [0.25, 0.3) is 0 Å². The number of carboxylic acids is 1. The van der Waals surface area contributed by atoms with Crippen molar-refractivity contribution in [3.8, 4) is 0 Å². The summed E-state index contributed by atoms with van der Waals surface area (Å²) in [7, 11) is 0. The van der Waals surface area contributed by atoms with Gasteiger partial charge in [-0.05, 0) is 76.5 Å². The molecule has 4 amide bonds. The number of quaternary nitrogens is 2. The van der Waals surface area contributed by atoms with E-state index >= 15 is 0 Å². The first-order valence-corrected chi connectivity index (χ1v) is 31.8. The Hall–Kier alpha value is -4.78. The number of aliphatic carboxylic acids is 1. The third-order valence-electron chi connectivity index (χ3n) is 18.0. The number of nitrogens with zero attached hydrogens (tertiary/aromatic N) is 1. The van der Waals surface area contributed by atoms with E-state index in [4.69, 9.17) is 18.9 Å². The van der Waals surface area contributed by atoms with Crippen LogP contribution in [0.4, 0.5) is 0 Å². The number of aliphatic hydroxyl groups excluding tert-OH is 6. The van der Waals surface area contributed by atoms with Gasteiger partial charge < -0.3 is 91.8 Å². The lowest BCUT2D eigenvalue weighted by Crippen LogP contribution is -2.71. The molecule has 27 nitrogen and oxygen atoms in total. The first kappa shape index (κ1) is 78.5. The predicted octanol–water partition coefficient (Wildman–Crippen LogP) is -2.93. The summed E-state index contributed by atoms with van der Waals surface area (Å²) in [6.07, 6.45) is -13.7. The van der Waals surface area contributed by atoms with Crippen LogP contribution in [0, 0.1) is 59.2 Å². The summed E-state index contributed by atoms with van der Waals surface area (Å²) in [4.78, 5) is 137. The van der Waals surface area contributed by atoms with Crippen LogP contribution in [0.1, 0.15) is 154 Å². The maximum absolute atomic E-state index is 14.4. The number of rotatable bonds is 38. The molecule has 3 aliphatic rings. The van der Waals surface area contributed by atoms with Crippen molar-refractivity contribution in [1.82, 2.24) is 20.9 Å². The SMILES string of the molecule is CC(CC(=O)[C@@H]1CCCN1C(=O)C(CC(=O)[C@@H]([NH3+])C(C)O[C@H]1OC(CO)[C@H](O)[C@H](O[C@@H]2OC(CO)[C@H](O)[C@H](O)C2O)C1C)C(C)C)C(=O)N[C@@H](C)C(=O)CC(C(=O)N[C@H](C(=O)CC(C(=O)N[C@@H](C)C(=O)CC(CCCC[NH3+])C(=O)[O-])C(C)C)C(C)C)C(C)C. The van der Waals surface area contributed by atoms with Gasteiger partial charge in [-0.3, -0.25) is 43.2 Å². The molecule has 15 N–H and O–H groups in total. The van der Waals surface area contributed by atoms with E-state index in [1.807, 2.05) is 0 Å². The maximum atomic E-state index is 14.4. The molecule has 0 aromatic rings. The molecule has 0 radical (unpaired) electrons. The zero-order valence-corrected chi connectivity index (χ0v) is 54.5. The zero-order chi connectivity index (χ0) is 67.6.